The molecule has 0 saturated carbocycles. The summed E-state index contributed by atoms with van der Waals surface area (Å²) in [4.78, 5) is 3.77. The summed E-state index contributed by atoms with van der Waals surface area (Å²) in [5, 5.41) is 0. The van der Waals surface area contributed by atoms with Crippen molar-refractivity contribution in [2.75, 3.05) is 0 Å². The van der Waals surface area contributed by atoms with Gasteiger partial charge in [0.2, 0.25) is 0 Å². The van der Waals surface area contributed by atoms with Crippen LogP contribution in [0.4, 0.5) is 0 Å². The molecule has 0 rings (SSSR count). The third-order valence-electron chi connectivity index (χ3n) is 2.26. The van der Waals surface area contributed by atoms with Gasteiger partial charge >= 0.3 is 0 Å². The Morgan fingerprint density at radius 3 is 1.80 bits per heavy atom. The average molecular weight is 213 g/mol. The maximum Gasteiger partial charge on any atom is 0.192 e. The molecule has 15 heavy (non-hydrogen) atoms. The molecule has 88 valence electrons. The lowest BCUT2D eigenvalue weighted by Gasteiger charge is -2.16. The van der Waals surface area contributed by atoms with Crippen molar-refractivity contribution in [2.45, 2.75) is 39.5 Å². The maximum atomic E-state index is 5.92. The fraction of sp³-hybridized carbons (Fsp3) is 0.700. The van der Waals surface area contributed by atoms with Crippen LogP contribution in [-0.4, -0.2) is 5.96 Å². The Labute approximate surface area is 91.6 Å². The van der Waals surface area contributed by atoms with Crippen molar-refractivity contribution >= 4 is 5.96 Å². The van der Waals surface area contributed by atoms with Crippen molar-refractivity contribution in [1.29, 1.82) is 0 Å². The van der Waals surface area contributed by atoms with E-state index in [0.29, 0.717) is 5.70 Å². The lowest BCUT2D eigenvalue weighted by atomic mass is 9.95. The fourth-order valence-electron chi connectivity index (χ4n) is 1.57. The van der Waals surface area contributed by atoms with Gasteiger partial charge in [-0.05, 0) is 12.8 Å². The van der Waals surface area contributed by atoms with Crippen molar-refractivity contribution in [3.05, 3.63) is 11.5 Å². The van der Waals surface area contributed by atoms with Gasteiger partial charge in [-0.3, -0.25) is 0 Å². The van der Waals surface area contributed by atoms with E-state index >= 15 is 0 Å². The van der Waals surface area contributed by atoms with Crippen molar-refractivity contribution in [1.82, 2.24) is 0 Å². The Morgan fingerprint density at radius 2 is 1.47 bits per heavy atom. The Kier molecular flexibility index (Phi) is 6.33. The topological polar surface area (TPSA) is 116 Å². The quantitative estimate of drug-likeness (QED) is 0.381. The largest absolute Gasteiger partial charge is 0.399 e. The highest BCUT2D eigenvalue weighted by Crippen LogP contribution is 2.20. The predicted octanol–water partition coefficient (Wildman–Crippen LogP) is 0.563. The van der Waals surface area contributed by atoms with E-state index in [1.807, 2.05) is 0 Å². The van der Waals surface area contributed by atoms with Gasteiger partial charge in [0.25, 0.3) is 0 Å². The van der Waals surface area contributed by atoms with Crippen LogP contribution in [0.1, 0.15) is 39.5 Å². The summed E-state index contributed by atoms with van der Waals surface area (Å²) in [7, 11) is 0. The Bertz CT molecular complexity index is 234. The molecule has 0 aromatic carbocycles. The van der Waals surface area contributed by atoms with Gasteiger partial charge in [0.15, 0.2) is 5.96 Å². The summed E-state index contributed by atoms with van der Waals surface area (Å²) in [5.41, 5.74) is 22.7. The Hall–Kier alpha value is -1.39. The van der Waals surface area contributed by atoms with Gasteiger partial charge in [0.1, 0.15) is 5.82 Å². The van der Waals surface area contributed by atoms with Crippen LogP contribution in [0.5, 0.6) is 0 Å². The molecule has 0 fully saturated rings. The van der Waals surface area contributed by atoms with Crippen molar-refractivity contribution < 1.29 is 0 Å². The first-order chi connectivity index (χ1) is 7.02. The minimum Gasteiger partial charge on any atom is -0.399 e. The third-order valence-corrected chi connectivity index (χ3v) is 2.26. The highest BCUT2D eigenvalue weighted by atomic mass is 15.0. The number of hydrogen-bond acceptors (Lipinski definition) is 3. The van der Waals surface area contributed by atoms with Gasteiger partial charge in [-0.1, -0.05) is 26.7 Å². The van der Waals surface area contributed by atoms with E-state index in [2.05, 4.69) is 18.8 Å². The monoisotopic (exact) mass is 213 g/mol. The van der Waals surface area contributed by atoms with E-state index in [1.54, 1.807) is 0 Å². The van der Waals surface area contributed by atoms with Crippen LogP contribution >= 0.6 is 0 Å². The molecular weight excluding hydrogens is 190 g/mol. The smallest absolute Gasteiger partial charge is 0.192 e. The molecule has 0 amide bonds. The Balaban J connectivity index is 4.72. The van der Waals surface area contributed by atoms with Crippen LogP contribution in [0.3, 0.4) is 0 Å². The number of nitrogens with zero attached hydrogens (tertiary/aromatic N) is 1. The van der Waals surface area contributed by atoms with Crippen LogP contribution in [0, 0.1) is 5.92 Å². The molecule has 0 aromatic heterocycles. The van der Waals surface area contributed by atoms with Crippen LogP contribution in [-0.2, 0) is 0 Å². The predicted molar refractivity (Wildman–Crippen MR) is 64.5 cm³/mol. The first-order valence-corrected chi connectivity index (χ1v) is 5.37. The van der Waals surface area contributed by atoms with E-state index < -0.39 is 0 Å². The van der Waals surface area contributed by atoms with Gasteiger partial charge in [0, 0.05) is 5.92 Å². The SMILES string of the molecule is CCCC(CCC)/C(N)=C(\N)N=C(N)N. The molecule has 0 aliphatic carbocycles. The average Bonchev–Trinajstić information content (AvgIpc) is 2.15. The van der Waals surface area contributed by atoms with Gasteiger partial charge < -0.3 is 22.9 Å². The van der Waals surface area contributed by atoms with Crippen LogP contribution < -0.4 is 22.9 Å². The summed E-state index contributed by atoms with van der Waals surface area (Å²) in [6.45, 7) is 4.24. The van der Waals surface area contributed by atoms with Crippen LogP contribution in [0.2, 0.25) is 0 Å². The highest BCUT2D eigenvalue weighted by Gasteiger charge is 2.12. The molecule has 5 heteroatoms. The number of hydrogen-bond donors (Lipinski definition) is 4. The van der Waals surface area contributed by atoms with Gasteiger partial charge in [-0.2, -0.15) is 4.99 Å². The second-order valence-electron chi connectivity index (χ2n) is 3.65. The highest BCUT2D eigenvalue weighted by molar-refractivity contribution is 5.76. The van der Waals surface area contributed by atoms with Crippen molar-refractivity contribution in [3.63, 3.8) is 0 Å². The first kappa shape index (κ1) is 13.6. The maximum absolute atomic E-state index is 5.92. The molecule has 5 nitrogen and oxygen atoms in total. The number of nitrogens with two attached hydrogens (primary N) is 4. The molecule has 0 spiro atoms. The normalized spacial score (nSPS) is 12.5. The second-order valence-corrected chi connectivity index (χ2v) is 3.65. The summed E-state index contributed by atoms with van der Waals surface area (Å²) in [6.07, 6.45) is 4.17. The number of allylic oxidation sites excluding steroid dienone is 1. The molecule has 0 aliphatic heterocycles. The zero-order valence-electron chi connectivity index (χ0n) is 9.66. The molecule has 0 heterocycles. The van der Waals surface area contributed by atoms with Crippen LogP contribution in [0.15, 0.2) is 16.5 Å². The second kappa shape index (κ2) is 6.98. The molecule has 0 atom stereocenters. The van der Waals surface area contributed by atoms with Gasteiger partial charge in [-0.15, -0.1) is 0 Å². The lowest BCUT2D eigenvalue weighted by Crippen LogP contribution is -2.25. The lowest BCUT2D eigenvalue weighted by molar-refractivity contribution is 0.494. The summed E-state index contributed by atoms with van der Waals surface area (Å²) >= 11 is 0. The molecule has 0 saturated heterocycles. The Morgan fingerprint density at radius 1 is 1.00 bits per heavy atom. The van der Waals surface area contributed by atoms with E-state index in [4.69, 9.17) is 22.9 Å². The summed E-state index contributed by atoms with van der Waals surface area (Å²) < 4.78 is 0. The molecular formula is C10H23N5. The fourth-order valence-corrected chi connectivity index (χ4v) is 1.57. The molecule has 0 radical (unpaired) electrons. The molecule has 0 aliphatic rings. The molecule has 0 aromatic rings. The molecule has 0 bridgehead atoms. The number of guanidine groups is 1. The van der Waals surface area contributed by atoms with Gasteiger partial charge in [-0.25, -0.2) is 0 Å². The number of rotatable bonds is 6. The third kappa shape index (κ3) is 5.15. The summed E-state index contributed by atoms with van der Waals surface area (Å²) in [5.74, 6) is 0.479. The first-order valence-electron chi connectivity index (χ1n) is 5.37. The molecule has 0 unspecified atom stereocenters. The zero-order chi connectivity index (χ0) is 11.8. The van der Waals surface area contributed by atoms with E-state index in [1.165, 1.54) is 0 Å². The standard InChI is InChI=1S/C10H23N5/c1-3-5-7(6-4-2)8(11)9(12)15-10(13)14/h7H,3-6,11-12H2,1-2H3,(H4,13,14,15)/b9-8-. The summed E-state index contributed by atoms with van der Waals surface area (Å²) in [6, 6.07) is 0. The van der Waals surface area contributed by atoms with E-state index in [-0.39, 0.29) is 17.7 Å². The molecule has 8 N–H and O–H groups in total. The van der Waals surface area contributed by atoms with Crippen molar-refractivity contribution in [2.24, 2.45) is 33.8 Å². The van der Waals surface area contributed by atoms with Gasteiger partial charge in [0.05, 0.1) is 5.70 Å². The minimum atomic E-state index is -0.0535. The van der Waals surface area contributed by atoms with Crippen LogP contribution in [0.25, 0.3) is 0 Å². The number of aliphatic imine (C=N–C) groups is 1. The van der Waals surface area contributed by atoms with E-state index in [0.717, 1.165) is 25.7 Å². The van der Waals surface area contributed by atoms with E-state index in [9.17, 15) is 0 Å². The van der Waals surface area contributed by atoms with Crippen molar-refractivity contribution in [3.8, 4) is 0 Å². The minimum absolute atomic E-state index is 0.0535. The zero-order valence-corrected chi connectivity index (χ0v) is 9.66.